The lowest BCUT2D eigenvalue weighted by atomic mass is 10.1. The largest absolute Gasteiger partial charge is 0.250 e. The third-order valence-electron chi connectivity index (χ3n) is 2.49. The Hall–Kier alpha value is -1.29. The van der Waals surface area contributed by atoms with Crippen molar-refractivity contribution in [2.75, 3.05) is 0 Å². The lowest BCUT2D eigenvalue weighted by Gasteiger charge is -1.98. The molecule has 0 aliphatic carbocycles. The quantitative estimate of drug-likeness (QED) is 0.674. The summed E-state index contributed by atoms with van der Waals surface area (Å²) < 4.78 is 0. The van der Waals surface area contributed by atoms with Gasteiger partial charge in [-0.3, -0.25) is 0 Å². The number of hydrogen-bond donors (Lipinski definition) is 0. The number of hydrogen-bond acceptors (Lipinski definition) is 4. The number of nitrogens with zero attached hydrogens (tertiary/aromatic N) is 3. The zero-order valence-corrected chi connectivity index (χ0v) is 12.5. The smallest absolute Gasteiger partial charge is 0.0797 e. The molecule has 0 aliphatic heterocycles. The lowest BCUT2D eigenvalue weighted by Crippen LogP contribution is -1.92. The fourth-order valence-electron chi connectivity index (χ4n) is 1.49. The highest BCUT2D eigenvalue weighted by atomic mass is 32.1. The van der Waals surface area contributed by atoms with Crippen LogP contribution in [-0.2, 0) is 0 Å². The minimum atomic E-state index is 0. The molecule has 0 aliphatic rings. The van der Waals surface area contributed by atoms with Crippen molar-refractivity contribution < 1.29 is 0 Å². The van der Waals surface area contributed by atoms with Crippen LogP contribution in [0.3, 0.4) is 0 Å². The van der Waals surface area contributed by atoms with Crippen molar-refractivity contribution in [1.82, 2.24) is 15.2 Å². The summed E-state index contributed by atoms with van der Waals surface area (Å²) in [5.74, 6) is 1.12. The second-order valence-corrected chi connectivity index (χ2v) is 5.65. The molecule has 0 bridgehead atoms. The van der Waals surface area contributed by atoms with Crippen LogP contribution >= 0.6 is 11.3 Å². The highest BCUT2D eigenvalue weighted by Gasteiger charge is 2.03. The van der Waals surface area contributed by atoms with E-state index in [1.54, 1.807) is 17.5 Å². The minimum Gasteiger partial charge on any atom is -0.250 e. The van der Waals surface area contributed by atoms with Crippen molar-refractivity contribution in [3.05, 3.63) is 40.1 Å². The summed E-state index contributed by atoms with van der Waals surface area (Å²) in [6, 6.07) is 3.89. The first-order chi connectivity index (χ1) is 8.52. The van der Waals surface area contributed by atoms with E-state index in [1.807, 2.05) is 17.6 Å². The molecule has 0 N–H and O–H groups in total. The fraction of sp³-hybridized carbons (Fsp3) is 0.588. The summed E-state index contributed by atoms with van der Waals surface area (Å²) >= 11 is 1.75. The third kappa shape index (κ3) is 8.56. The topological polar surface area (TPSA) is 38.7 Å². The van der Waals surface area contributed by atoms with Gasteiger partial charge in [-0.15, -0.1) is 11.3 Å². The average Bonchev–Trinajstić information content (AvgIpc) is 2.77. The zero-order chi connectivity index (χ0) is 13.5. The van der Waals surface area contributed by atoms with Crippen molar-refractivity contribution in [3.8, 4) is 0 Å². The van der Waals surface area contributed by atoms with Gasteiger partial charge >= 0.3 is 0 Å². The Balaban J connectivity index is -0.000000270. The first-order valence-electron chi connectivity index (χ1n) is 6.20. The molecule has 0 radical (unpaired) electrons. The van der Waals surface area contributed by atoms with Crippen LogP contribution in [-0.4, -0.2) is 15.2 Å². The summed E-state index contributed by atoms with van der Waals surface area (Å²) in [5.41, 5.74) is 4.15. The Morgan fingerprint density at radius 2 is 1.62 bits per heavy atom. The monoisotopic (exact) mass is 311 g/mol. The summed E-state index contributed by atoms with van der Waals surface area (Å²) in [6.45, 7) is 10.7. The maximum atomic E-state index is 4.16. The molecular weight excluding hydrogens is 278 g/mol. The molecule has 0 saturated carbocycles. The van der Waals surface area contributed by atoms with Crippen molar-refractivity contribution in [3.63, 3.8) is 0 Å². The van der Waals surface area contributed by atoms with Gasteiger partial charge in [0.2, 0.25) is 0 Å². The van der Waals surface area contributed by atoms with Gasteiger partial charge in [0.05, 0.1) is 16.9 Å². The predicted octanol–water partition coefficient (Wildman–Crippen LogP) is 6.08. The molecule has 122 valence electrons. The highest BCUT2D eigenvalue weighted by molar-refractivity contribution is 7.09. The normalized spacial score (nSPS) is 8.90. The zero-order valence-electron chi connectivity index (χ0n) is 11.7. The molecule has 0 aromatic carbocycles. The van der Waals surface area contributed by atoms with Crippen LogP contribution in [0.5, 0.6) is 0 Å². The molecule has 2 aromatic rings. The van der Waals surface area contributed by atoms with Crippen LogP contribution in [0, 0.1) is 6.92 Å². The van der Waals surface area contributed by atoms with Gasteiger partial charge in [-0.05, 0) is 30.9 Å². The molecule has 2 aromatic heterocycles. The van der Waals surface area contributed by atoms with Crippen molar-refractivity contribution >= 4 is 11.3 Å². The van der Waals surface area contributed by atoms with E-state index in [0.717, 1.165) is 5.69 Å². The first kappa shape index (κ1) is 24.7. The Morgan fingerprint density at radius 3 is 1.86 bits per heavy atom. The van der Waals surface area contributed by atoms with Crippen molar-refractivity contribution in [2.45, 2.75) is 68.7 Å². The van der Waals surface area contributed by atoms with Gasteiger partial charge in [0, 0.05) is 11.1 Å². The summed E-state index contributed by atoms with van der Waals surface area (Å²) in [5, 5.41) is 7.68. The maximum absolute atomic E-state index is 4.16. The van der Waals surface area contributed by atoms with Gasteiger partial charge in [-0.1, -0.05) is 50.0 Å². The van der Waals surface area contributed by atoms with E-state index in [0.29, 0.717) is 11.8 Å². The number of rotatable bonds is 2. The molecular formula is C17H33N3S. The van der Waals surface area contributed by atoms with Gasteiger partial charge in [0.15, 0.2) is 0 Å². The number of thiazole rings is 1. The van der Waals surface area contributed by atoms with Crippen LogP contribution in [0.4, 0.5) is 0 Å². The molecule has 0 amide bonds. The Bertz CT molecular complexity index is 450. The van der Waals surface area contributed by atoms with E-state index in [9.17, 15) is 0 Å². The molecule has 0 fully saturated rings. The SMILES string of the molecule is C.C.C.CC(C)c1cccnn1.Cc1ncsc1C(C)C. The molecule has 2 heterocycles. The van der Waals surface area contributed by atoms with Crippen molar-refractivity contribution in [2.24, 2.45) is 0 Å². The van der Waals surface area contributed by atoms with Gasteiger partial charge in [0.25, 0.3) is 0 Å². The number of aromatic nitrogens is 3. The fourth-order valence-corrected chi connectivity index (χ4v) is 2.31. The van der Waals surface area contributed by atoms with Gasteiger partial charge in [-0.25, -0.2) is 4.98 Å². The predicted molar refractivity (Wildman–Crippen MR) is 97.3 cm³/mol. The highest BCUT2D eigenvalue weighted by Crippen LogP contribution is 2.21. The molecule has 0 atom stereocenters. The molecule has 2 rings (SSSR count). The molecule has 3 nitrogen and oxygen atoms in total. The minimum absolute atomic E-state index is 0. The molecule has 4 heteroatoms. The standard InChI is InChI=1S/C7H10N2.C7H11NS.3CH4/c1-6(2)7-4-3-5-8-9-7;1-5(2)7-6(3)8-4-9-7;;;/h3-6H,1-2H3;4-5H,1-3H3;3*1H4. The molecule has 0 unspecified atom stereocenters. The summed E-state index contributed by atoms with van der Waals surface area (Å²) in [4.78, 5) is 5.57. The number of aryl methyl sites for hydroxylation is 1. The van der Waals surface area contributed by atoms with Gasteiger partial charge in [-0.2, -0.15) is 10.2 Å². The maximum Gasteiger partial charge on any atom is 0.0797 e. The van der Waals surface area contributed by atoms with Gasteiger partial charge < -0.3 is 0 Å². The molecule has 0 saturated heterocycles. The van der Waals surface area contributed by atoms with Crippen LogP contribution in [0.1, 0.15) is 78.1 Å². The van der Waals surface area contributed by atoms with Crippen LogP contribution < -0.4 is 0 Å². The van der Waals surface area contributed by atoms with Crippen molar-refractivity contribution in [1.29, 1.82) is 0 Å². The van der Waals surface area contributed by atoms with E-state index >= 15 is 0 Å². The second-order valence-electron chi connectivity index (χ2n) is 4.76. The first-order valence-corrected chi connectivity index (χ1v) is 7.08. The second kappa shape index (κ2) is 12.5. The lowest BCUT2D eigenvalue weighted by molar-refractivity contribution is 0.785. The average molecular weight is 312 g/mol. The van der Waals surface area contributed by atoms with E-state index in [1.165, 1.54) is 10.6 Å². The summed E-state index contributed by atoms with van der Waals surface area (Å²) in [6.07, 6.45) is 1.69. The summed E-state index contributed by atoms with van der Waals surface area (Å²) in [7, 11) is 0. The van der Waals surface area contributed by atoms with Crippen LogP contribution in [0.15, 0.2) is 23.8 Å². The molecule has 0 spiro atoms. The van der Waals surface area contributed by atoms with E-state index in [4.69, 9.17) is 0 Å². The third-order valence-corrected chi connectivity index (χ3v) is 3.72. The van der Waals surface area contributed by atoms with Crippen LogP contribution in [0.2, 0.25) is 0 Å². The van der Waals surface area contributed by atoms with Gasteiger partial charge in [0.1, 0.15) is 0 Å². The Morgan fingerprint density at radius 1 is 1.00 bits per heavy atom. The van der Waals surface area contributed by atoms with E-state index < -0.39 is 0 Å². The Labute approximate surface area is 135 Å². The molecule has 21 heavy (non-hydrogen) atoms. The van der Waals surface area contributed by atoms with Crippen LogP contribution in [0.25, 0.3) is 0 Å². The van der Waals surface area contributed by atoms with E-state index in [2.05, 4.69) is 49.8 Å². The Kier molecular flexibility index (Phi) is 14.7. The van der Waals surface area contributed by atoms with E-state index in [-0.39, 0.29) is 22.3 Å².